The Labute approximate surface area is 757 Å². The van der Waals surface area contributed by atoms with E-state index in [2.05, 4.69) is 417 Å². The van der Waals surface area contributed by atoms with Gasteiger partial charge in [0.2, 0.25) is 0 Å². The number of nitrogens with two attached hydrogens (primary N) is 1. The Morgan fingerprint density at radius 1 is 0.320 bits per heavy atom. The van der Waals surface area contributed by atoms with Gasteiger partial charge in [0.25, 0.3) is 0 Å². The van der Waals surface area contributed by atoms with Crippen molar-refractivity contribution in [3.05, 3.63) is 470 Å². The molecule has 602 valence electrons. The minimum absolute atomic E-state index is 0. The van der Waals surface area contributed by atoms with Crippen LogP contribution in [0.5, 0.6) is 0 Å². The predicted molar refractivity (Wildman–Crippen MR) is 513 cm³/mol. The van der Waals surface area contributed by atoms with Gasteiger partial charge in [-0.05, 0) is 146 Å². The summed E-state index contributed by atoms with van der Waals surface area (Å²) in [6.45, 7) is 22.3. The fourth-order valence-electron chi connectivity index (χ4n) is 13.3. The SMILES string of the molecule is Cc1nn(C)c2cc(/C(N)=N/O)ccc12.Cc1nn(C)c2cc(Br)ccc12.[C-]#N.[C-]#N.[C-]#[N+]c1ccc2c(C)nn(C)c2c1.[Pd].[Zn+2].c1ccc(P(c2ccccc2)c2ccccc2)cc1.c1ccc(P(c2ccccc2)c2ccccc2)cc1.c1ccc(P(c2ccccc2)c2ccccc2)cc1.c1ccc(P(c2ccccc2)c2ccccc2)cc1. The van der Waals surface area contributed by atoms with Gasteiger partial charge in [-0.1, -0.05) is 409 Å². The van der Waals surface area contributed by atoms with Crippen LogP contribution in [0, 0.1) is 51.0 Å². The zero-order valence-electron chi connectivity index (χ0n) is 68.5. The summed E-state index contributed by atoms with van der Waals surface area (Å²) in [7, 11) is 3.93. The molecule has 3 N–H and O–H groups in total. The monoisotopic (exact) mass is 1870 g/mol. The zero-order valence-corrected chi connectivity index (χ0v) is 78.2. The quantitative estimate of drug-likeness (QED) is 0.0221. The van der Waals surface area contributed by atoms with Gasteiger partial charge in [0.1, 0.15) is 0 Å². The molecule has 0 radical (unpaired) electrons. The number of nitrogens with zero attached hydrogens (tertiary/aromatic N) is 10. The molecule has 0 aliphatic carbocycles. The van der Waals surface area contributed by atoms with E-state index >= 15 is 0 Å². The smallest absolute Gasteiger partial charge is 0.512 e. The fourth-order valence-corrected chi connectivity index (χ4v) is 22.8. The number of halogens is 1. The number of aryl methyl sites for hydroxylation is 6. The third kappa shape index (κ3) is 26.7. The normalized spacial score (nSPS) is 10.3. The van der Waals surface area contributed by atoms with Crippen LogP contribution in [0.2, 0.25) is 0 Å². The molecule has 0 saturated carbocycles. The van der Waals surface area contributed by atoms with Crippen LogP contribution in [0.25, 0.3) is 37.6 Å². The Morgan fingerprint density at radius 3 is 0.713 bits per heavy atom. The zero-order chi connectivity index (χ0) is 84.8. The van der Waals surface area contributed by atoms with Crippen LogP contribution >= 0.6 is 47.6 Å². The molecule has 18 aromatic rings. The third-order valence-electron chi connectivity index (χ3n) is 18.8. The summed E-state index contributed by atoms with van der Waals surface area (Å²) in [6, 6.07) is 147. The first-order valence-electron chi connectivity index (χ1n) is 38.4. The summed E-state index contributed by atoms with van der Waals surface area (Å²) in [5.74, 6) is 0.107. The van der Waals surface area contributed by atoms with Crippen molar-refractivity contribution in [1.82, 2.24) is 29.3 Å². The Kier molecular flexibility index (Phi) is 39.8. The van der Waals surface area contributed by atoms with E-state index in [9.17, 15) is 0 Å². The van der Waals surface area contributed by atoms with E-state index in [-0.39, 0.29) is 45.7 Å². The number of rotatable bonds is 13. The summed E-state index contributed by atoms with van der Waals surface area (Å²) >= 11 is 3.43. The summed E-state index contributed by atoms with van der Waals surface area (Å²) in [5.41, 5.74) is 13.1. The molecule has 0 fully saturated rings. The average molecular weight is 1870 g/mol. The second kappa shape index (κ2) is 50.9. The maximum Gasteiger partial charge on any atom is 2.00 e. The number of oxime groups is 1. The molecule has 0 saturated heterocycles. The van der Waals surface area contributed by atoms with Gasteiger partial charge >= 0.3 is 19.5 Å². The molecular weight excluding hydrogens is 1780 g/mol. The van der Waals surface area contributed by atoms with Gasteiger partial charge in [0.05, 0.1) is 40.2 Å². The molecule has 0 spiro atoms. The van der Waals surface area contributed by atoms with Crippen molar-refractivity contribution in [3.63, 3.8) is 0 Å². The van der Waals surface area contributed by atoms with Crippen LogP contribution in [-0.2, 0) is 61.0 Å². The van der Waals surface area contributed by atoms with Gasteiger partial charge in [0, 0.05) is 67.8 Å². The van der Waals surface area contributed by atoms with Crippen molar-refractivity contribution in [2.45, 2.75) is 20.8 Å². The minimum Gasteiger partial charge on any atom is -0.512 e. The molecule has 0 aliphatic rings. The van der Waals surface area contributed by atoms with Crippen molar-refractivity contribution in [1.29, 1.82) is 10.5 Å². The molecule has 12 nitrogen and oxygen atoms in total. The molecule has 3 heterocycles. The van der Waals surface area contributed by atoms with Gasteiger partial charge in [-0.2, -0.15) is 15.3 Å². The Bertz CT molecular complexity index is 5360. The maximum absolute atomic E-state index is 8.58. The van der Waals surface area contributed by atoms with E-state index in [0.29, 0.717) is 11.3 Å². The minimum atomic E-state index is -0.446. The van der Waals surface area contributed by atoms with E-state index in [1.54, 1.807) is 9.36 Å². The number of aromatic nitrogens is 6. The number of benzene rings is 15. The van der Waals surface area contributed by atoms with E-state index in [4.69, 9.17) is 41.2 Å². The first-order valence-corrected chi connectivity index (χ1v) is 44.6. The van der Waals surface area contributed by atoms with Crippen LogP contribution in [0.1, 0.15) is 22.6 Å². The number of fused-ring (bicyclic) bond motifs is 3. The van der Waals surface area contributed by atoms with Crippen LogP contribution in [0.4, 0.5) is 5.69 Å². The largest absolute Gasteiger partial charge is 2.00 e. The average Bonchev–Trinajstić information content (AvgIpc) is 1.38. The molecule has 19 heteroatoms. The van der Waals surface area contributed by atoms with Crippen molar-refractivity contribution in [2.24, 2.45) is 32.0 Å². The number of hydrogen-bond acceptors (Lipinski definition) is 7. The first kappa shape index (κ1) is 95.4. The van der Waals surface area contributed by atoms with Gasteiger partial charge < -0.3 is 34.6 Å². The van der Waals surface area contributed by atoms with Crippen molar-refractivity contribution in [2.75, 3.05) is 0 Å². The van der Waals surface area contributed by atoms with E-state index in [0.717, 1.165) is 43.4 Å². The van der Waals surface area contributed by atoms with Crippen LogP contribution in [0.3, 0.4) is 0 Å². The Hall–Kier alpha value is -12.1. The molecule has 0 aliphatic heterocycles. The summed E-state index contributed by atoms with van der Waals surface area (Å²) in [5, 5.41) is 57.1. The van der Waals surface area contributed by atoms with Crippen LogP contribution < -0.4 is 69.4 Å². The van der Waals surface area contributed by atoms with E-state index in [1.807, 2.05) is 89.1 Å². The van der Waals surface area contributed by atoms with Gasteiger partial charge in [0.15, 0.2) is 11.5 Å². The summed E-state index contributed by atoms with van der Waals surface area (Å²) < 4.78 is 6.58. The Balaban J connectivity index is 0.000000176. The number of amidine groups is 1. The topological polar surface area (TPSA) is 164 Å². The van der Waals surface area contributed by atoms with Gasteiger partial charge in [-0.3, -0.25) is 14.0 Å². The van der Waals surface area contributed by atoms with Crippen LogP contribution in [0.15, 0.2) is 428 Å². The molecule has 3 aromatic heterocycles. The molecule has 18 rings (SSSR count). The van der Waals surface area contributed by atoms with Gasteiger partial charge in [-0.25, -0.2) is 4.85 Å². The molecular formula is C103H90BrN11OP4PdZn. The molecule has 0 atom stereocenters. The first-order chi connectivity index (χ1) is 58.8. The molecule has 0 amide bonds. The molecule has 0 unspecified atom stereocenters. The van der Waals surface area contributed by atoms with Crippen molar-refractivity contribution in [3.8, 4) is 0 Å². The van der Waals surface area contributed by atoms with E-state index in [1.165, 1.54) is 74.6 Å². The van der Waals surface area contributed by atoms with Crippen molar-refractivity contribution < 1.29 is 45.1 Å². The Morgan fingerprint density at radius 2 is 0.508 bits per heavy atom. The fraction of sp³-hybridized carbons (Fsp3) is 0.0583. The molecule has 15 aromatic carbocycles. The van der Waals surface area contributed by atoms with Crippen molar-refractivity contribution >= 4 is 156 Å². The predicted octanol–water partition coefficient (Wildman–Crippen LogP) is 20.0. The molecule has 0 bridgehead atoms. The second-order valence-corrected chi connectivity index (χ2v) is 36.5. The maximum atomic E-state index is 8.58. The summed E-state index contributed by atoms with van der Waals surface area (Å²) in [6.07, 6.45) is 0. The second-order valence-electron chi connectivity index (χ2n) is 26.7. The molecule has 122 heavy (non-hydrogen) atoms. The van der Waals surface area contributed by atoms with Gasteiger partial charge in [-0.15, -0.1) is 0 Å². The van der Waals surface area contributed by atoms with E-state index < -0.39 is 31.7 Å². The number of hydrogen-bond donors (Lipinski definition) is 2. The standard InChI is InChI=1S/4C18H15P.C10H12N4O.C10H9N3.C9H9BrN2.2CN.Pd.Zn/c4*1-4-10-16(11-5-1)19(17-12-6-2-7-13-17)18-14-8-3-9-15-18;1-6-8-4-3-7(10(11)13-15)5-9(8)14(2)12-6;1-7-9-5-4-8(11-2)6-10(9)13(3)12-7;1-6-8-4-3-7(10)5-9(8)12(2)11-6;2*1-2;;/h4*1-15H;3-5,15H,1-2H3,(H2,11,13);4-6H,1,3H3;3-5H,1-2H3;;;;/q;;;;;;;2*-1;;+2. The third-order valence-corrected chi connectivity index (χ3v) is 29.0. The summed E-state index contributed by atoms with van der Waals surface area (Å²) in [4.78, 5) is 3.38. The van der Waals surface area contributed by atoms with Crippen LogP contribution in [-0.4, -0.2) is 40.4 Å².